The number of hydrogen-bond donors (Lipinski definition) is 2. The number of primary amides is 1. The minimum absolute atomic E-state index is 0.0297. The van der Waals surface area contributed by atoms with E-state index in [0.717, 1.165) is 25.9 Å². The van der Waals surface area contributed by atoms with Gasteiger partial charge in [0.15, 0.2) is 0 Å². The van der Waals surface area contributed by atoms with Gasteiger partial charge in [0, 0.05) is 30.3 Å². The molecule has 8 heteroatoms. The number of rotatable bonds is 5. The summed E-state index contributed by atoms with van der Waals surface area (Å²) in [6.45, 7) is 1.83. The largest absolute Gasteiger partial charge is 0.369 e. The molecule has 1 aromatic carbocycles. The highest BCUT2D eigenvalue weighted by atomic mass is 19.1. The Kier molecular flexibility index (Phi) is 5.67. The number of anilines is 1. The van der Waals surface area contributed by atoms with Crippen molar-refractivity contribution in [3.05, 3.63) is 58.8 Å². The van der Waals surface area contributed by atoms with Gasteiger partial charge in [-0.05, 0) is 57.0 Å². The molecular weight excluding hydrogens is 387 g/mol. The maximum atomic E-state index is 14.6. The maximum absolute atomic E-state index is 14.6. The van der Waals surface area contributed by atoms with Crippen LogP contribution in [0.4, 0.5) is 10.1 Å². The van der Waals surface area contributed by atoms with Gasteiger partial charge in [-0.15, -0.1) is 0 Å². The molecule has 2 amide bonds. The fourth-order valence-electron chi connectivity index (χ4n) is 4.64. The lowest BCUT2D eigenvalue weighted by Gasteiger charge is -2.27. The van der Waals surface area contributed by atoms with Gasteiger partial charge in [-0.25, -0.2) is 4.39 Å². The van der Waals surface area contributed by atoms with E-state index in [1.807, 2.05) is 0 Å². The number of aromatic nitrogens is 1. The van der Waals surface area contributed by atoms with E-state index < -0.39 is 11.7 Å². The summed E-state index contributed by atoms with van der Waals surface area (Å²) in [5.74, 6) is -2.09. The van der Waals surface area contributed by atoms with E-state index in [1.54, 1.807) is 24.4 Å². The van der Waals surface area contributed by atoms with Crippen LogP contribution in [0, 0.1) is 17.7 Å². The standard InChI is InChI=1S/C22H25FN4O3/c23-17-13-15(27-10-2-1-5-20(27)28)6-7-18(17)25-22(30)14-11-16(21(24)29)19(12-14)26-8-3-4-9-26/h1-2,5-7,10,13-14,16,19H,3-4,8-9,11-12H2,(H2,24,29)(H,25,30). The number of nitrogens with two attached hydrogens (primary N) is 1. The maximum Gasteiger partial charge on any atom is 0.255 e. The van der Waals surface area contributed by atoms with Gasteiger partial charge >= 0.3 is 0 Å². The van der Waals surface area contributed by atoms with Crippen molar-refractivity contribution in [3.63, 3.8) is 0 Å². The molecule has 1 saturated heterocycles. The molecule has 3 unspecified atom stereocenters. The van der Waals surface area contributed by atoms with Gasteiger partial charge in [-0.2, -0.15) is 0 Å². The van der Waals surface area contributed by atoms with E-state index in [1.165, 1.54) is 22.8 Å². The summed E-state index contributed by atoms with van der Waals surface area (Å²) in [5.41, 5.74) is 5.74. The Balaban J connectivity index is 1.48. The average Bonchev–Trinajstić information content (AvgIpc) is 3.39. The number of benzene rings is 1. The normalized spacial score (nSPS) is 24.1. The first-order valence-corrected chi connectivity index (χ1v) is 10.3. The van der Waals surface area contributed by atoms with Gasteiger partial charge in [0.25, 0.3) is 5.56 Å². The zero-order valence-electron chi connectivity index (χ0n) is 16.6. The molecule has 3 N–H and O–H groups in total. The van der Waals surface area contributed by atoms with Crippen LogP contribution in [0.2, 0.25) is 0 Å². The lowest BCUT2D eigenvalue weighted by Crippen LogP contribution is -2.41. The number of nitrogens with zero attached hydrogens (tertiary/aromatic N) is 2. The molecule has 0 bridgehead atoms. The van der Waals surface area contributed by atoms with Crippen LogP contribution < -0.4 is 16.6 Å². The monoisotopic (exact) mass is 412 g/mol. The molecule has 1 aromatic heterocycles. The molecule has 2 aliphatic rings. The summed E-state index contributed by atoms with van der Waals surface area (Å²) in [6, 6.07) is 8.89. The number of hydrogen-bond acceptors (Lipinski definition) is 4. The molecule has 2 aromatic rings. The van der Waals surface area contributed by atoms with E-state index >= 15 is 0 Å². The lowest BCUT2D eigenvalue weighted by atomic mass is 10.0. The predicted octanol–water partition coefficient (Wildman–Crippen LogP) is 1.89. The van der Waals surface area contributed by atoms with Crippen molar-refractivity contribution in [2.75, 3.05) is 18.4 Å². The highest BCUT2D eigenvalue weighted by Gasteiger charge is 2.44. The third kappa shape index (κ3) is 4.00. The van der Waals surface area contributed by atoms with Crippen LogP contribution >= 0.6 is 0 Å². The summed E-state index contributed by atoms with van der Waals surface area (Å²) in [7, 11) is 0. The van der Waals surface area contributed by atoms with Crippen molar-refractivity contribution < 1.29 is 14.0 Å². The van der Waals surface area contributed by atoms with Gasteiger partial charge < -0.3 is 11.1 Å². The quantitative estimate of drug-likeness (QED) is 0.784. The molecule has 0 spiro atoms. The first-order valence-electron chi connectivity index (χ1n) is 10.3. The number of likely N-dealkylation sites (tertiary alicyclic amines) is 1. The minimum Gasteiger partial charge on any atom is -0.369 e. The van der Waals surface area contributed by atoms with E-state index in [2.05, 4.69) is 10.2 Å². The number of amides is 2. The van der Waals surface area contributed by atoms with Gasteiger partial charge in [0.05, 0.1) is 17.3 Å². The number of nitrogens with one attached hydrogen (secondary N) is 1. The van der Waals surface area contributed by atoms with Crippen LogP contribution in [0.15, 0.2) is 47.4 Å². The Morgan fingerprint density at radius 3 is 2.53 bits per heavy atom. The highest BCUT2D eigenvalue weighted by Crippen LogP contribution is 2.37. The second-order valence-electron chi connectivity index (χ2n) is 8.05. The molecule has 1 aliphatic heterocycles. The van der Waals surface area contributed by atoms with Crippen LogP contribution in [0.1, 0.15) is 25.7 Å². The molecule has 0 radical (unpaired) electrons. The van der Waals surface area contributed by atoms with E-state index in [0.29, 0.717) is 18.5 Å². The highest BCUT2D eigenvalue weighted by molar-refractivity contribution is 5.94. The fraction of sp³-hybridized carbons (Fsp3) is 0.409. The summed E-state index contributed by atoms with van der Waals surface area (Å²) in [6.07, 6.45) is 4.64. The van der Waals surface area contributed by atoms with Crippen molar-refractivity contribution in [2.24, 2.45) is 17.6 Å². The van der Waals surface area contributed by atoms with Crippen LogP contribution in [-0.4, -0.2) is 40.4 Å². The van der Waals surface area contributed by atoms with Crippen molar-refractivity contribution in [1.29, 1.82) is 0 Å². The van der Waals surface area contributed by atoms with Crippen LogP contribution in [0.5, 0.6) is 0 Å². The summed E-state index contributed by atoms with van der Waals surface area (Å²) >= 11 is 0. The number of halogens is 1. The van der Waals surface area contributed by atoms with Crippen LogP contribution in [0.3, 0.4) is 0 Å². The van der Waals surface area contributed by atoms with E-state index in [9.17, 15) is 18.8 Å². The molecule has 2 heterocycles. The van der Waals surface area contributed by atoms with Crippen molar-refractivity contribution in [1.82, 2.24) is 9.47 Å². The molecule has 30 heavy (non-hydrogen) atoms. The van der Waals surface area contributed by atoms with Gasteiger partial charge in [0.2, 0.25) is 11.8 Å². The smallest absolute Gasteiger partial charge is 0.255 e. The SMILES string of the molecule is NC(=O)C1CC(C(=O)Nc2ccc(-n3ccccc3=O)cc2F)CC1N1CCCC1. The Morgan fingerprint density at radius 2 is 1.87 bits per heavy atom. The van der Waals surface area contributed by atoms with Gasteiger partial charge in [-0.1, -0.05) is 6.07 Å². The summed E-state index contributed by atoms with van der Waals surface area (Å²) < 4.78 is 16.0. The third-order valence-corrected chi connectivity index (χ3v) is 6.19. The zero-order chi connectivity index (χ0) is 21.3. The van der Waals surface area contributed by atoms with Crippen molar-refractivity contribution in [3.8, 4) is 5.69 Å². The first-order chi connectivity index (χ1) is 14.4. The van der Waals surface area contributed by atoms with Crippen LogP contribution in [0.25, 0.3) is 5.69 Å². The summed E-state index contributed by atoms with van der Waals surface area (Å²) in [5, 5.41) is 2.64. The zero-order valence-corrected chi connectivity index (χ0v) is 16.6. The van der Waals surface area contributed by atoms with Crippen molar-refractivity contribution >= 4 is 17.5 Å². The van der Waals surface area contributed by atoms with Crippen LogP contribution in [-0.2, 0) is 9.59 Å². The molecule has 158 valence electrons. The topological polar surface area (TPSA) is 97.4 Å². The molecular formula is C22H25FN4O3. The van der Waals surface area contributed by atoms with Gasteiger partial charge in [0.1, 0.15) is 5.82 Å². The molecule has 7 nitrogen and oxygen atoms in total. The Bertz CT molecular complexity index is 1020. The Hall–Kier alpha value is -3.00. The first kappa shape index (κ1) is 20.3. The van der Waals surface area contributed by atoms with Gasteiger partial charge in [-0.3, -0.25) is 23.9 Å². The average molecular weight is 412 g/mol. The Labute approximate surface area is 173 Å². The van der Waals surface area contributed by atoms with E-state index in [4.69, 9.17) is 5.73 Å². The summed E-state index contributed by atoms with van der Waals surface area (Å²) in [4.78, 5) is 38.9. The fourth-order valence-corrected chi connectivity index (χ4v) is 4.64. The molecule has 1 aliphatic carbocycles. The second kappa shape index (κ2) is 8.39. The third-order valence-electron chi connectivity index (χ3n) is 6.19. The number of carbonyl (C=O) groups excluding carboxylic acids is 2. The second-order valence-corrected chi connectivity index (χ2v) is 8.05. The lowest BCUT2D eigenvalue weighted by molar-refractivity contribution is -0.123. The number of carbonyl (C=O) groups is 2. The molecule has 2 fully saturated rings. The molecule has 4 rings (SSSR count). The number of pyridine rings is 1. The molecule has 3 atom stereocenters. The van der Waals surface area contributed by atoms with E-state index in [-0.39, 0.29) is 35.0 Å². The minimum atomic E-state index is -0.628. The molecule has 1 saturated carbocycles. The Morgan fingerprint density at radius 1 is 1.10 bits per heavy atom. The van der Waals surface area contributed by atoms with Crippen molar-refractivity contribution in [2.45, 2.75) is 31.7 Å². The predicted molar refractivity (Wildman–Crippen MR) is 111 cm³/mol.